The second-order valence-electron chi connectivity index (χ2n) is 3.79. The van der Waals surface area contributed by atoms with Crippen LogP contribution in [0.3, 0.4) is 0 Å². The zero-order valence-corrected chi connectivity index (χ0v) is 10.1. The van der Waals surface area contributed by atoms with Crippen LogP contribution < -0.4 is 14.2 Å². The first kappa shape index (κ1) is 12.2. The zero-order chi connectivity index (χ0) is 13.1. The lowest BCUT2D eigenvalue weighted by Crippen LogP contribution is -2.16. The molecule has 0 N–H and O–H groups in total. The monoisotopic (exact) mass is 251 g/mol. The lowest BCUT2D eigenvalue weighted by Gasteiger charge is -2.20. The van der Waals surface area contributed by atoms with Gasteiger partial charge in [-0.15, -0.1) is 0 Å². The Hall–Kier alpha value is -2.24. The normalized spacial score (nSPS) is 14.2. The minimum Gasteiger partial charge on any atom is -0.493 e. The first-order valence-electron chi connectivity index (χ1n) is 5.42. The molecule has 0 saturated carbocycles. The molecule has 0 aliphatic carbocycles. The summed E-state index contributed by atoms with van der Waals surface area (Å²) in [5, 5.41) is 10.6. The number of nitrogens with zero attached hydrogens (tertiary/aromatic N) is 1. The quantitative estimate of drug-likeness (QED) is 0.607. The topological polar surface area (TPSA) is 70.8 Å². The number of rotatable bonds is 3. The van der Waals surface area contributed by atoms with Crippen molar-refractivity contribution in [3.63, 3.8) is 0 Å². The number of hydrogen-bond donors (Lipinski definition) is 0. The van der Waals surface area contributed by atoms with E-state index in [4.69, 9.17) is 14.2 Å². The van der Waals surface area contributed by atoms with Crippen LogP contribution in [0.15, 0.2) is 17.8 Å². The number of allylic oxidation sites excluding steroid dienone is 1. The molecule has 2 rings (SSSR count). The van der Waals surface area contributed by atoms with Crippen LogP contribution in [0.1, 0.15) is 12.5 Å². The van der Waals surface area contributed by atoms with Crippen LogP contribution in [0.5, 0.6) is 17.2 Å². The van der Waals surface area contributed by atoms with Gasteiger partial charge in [-0.1, -0.05) is 0 Å². The highest BCUT2D eigenvalue weighted by molar-refractivity contribution is 5.62. The van der Waals surface area contributed by atoms with Crippen molar-refractivity contribution < 1.29 is 19.1 Å². The van der Waals surface area contributed by atoms with Gasteiger partial charge in [0.1, 0.15) is 13.2 Å². The third-order valence-corrected chi connectivity index (χ3v) is 2.51. The molecule has 1 aliphatic rings. The Kier molecular flexibility index (Phi) is 3.36. The van der Waals surface area contributed by atoms with E-state index in [0.29, 0.717) is 36.0 Å². The Balaban J connectivity index is 2.44. The summed E-state index contributed by atoms with van der Waals surface area (Å²) in [5.41, 5.74) is 0.694. The molecule has 1 aromatic rings. The van der Waals surface area contributed by atoms with E-state index < -0.39 is 4.92 Å². The first-order chi connectivity index (χ1) is 8.61. The lowest BCUT2D eigenvalue weighted by molar-refractivity contribution is -0.422. The minimum atomic E-state index is -0.441. The van der Waals surface area contributed by atoms with Crippen LogP contribution >= 0.6 is 0 Å². The zero-order valence-electron chi connectivity index (χ0n) is 10.1. The summed E-state index contributed by atoms with van der Waals surface area (Å²) in [5.74, 6) is 1.59. The number of fused-ring (bicyclic) bond motifs is 1. The maximum absolute atomic E-state index is 10.6. The molecule has 0 unspecified atom stereocenters. The second kappa shape index (κ2) is 4.95. The molecule has 1 aliphatic heterocycles. The van der Waals surface area contributed by atoms with Crippen LogP contribution in [-0.4, -0.2) is 25.2 Å². The highest BCUT2D eigenvalue weighted by Gasteiger charge is 2.18. The van der Waals surface area contributed by atoms with Gasteiger partial charge >= 0.3 is 0 Å². The molecule has 1 heterocycles. The summed E-state index contributed by atoms with van der Waals surface area (Å²) >= 11 is 0. The van der Waals surface area contributed by atoms with Gasteiger partial charge in [0.2, 0.25) is 11.4 Å². The fraction of sp³-hybridized carbons (Fsp3) is 0.333. The molecule has 18 heavy (non-hydrogen) atoms. The Morgan fingerprint density at radius 3 is 2.83 bits per heavy atom. The molecule has 0 saturated heterocycles. The van der Waals surface area contributed by atoms with Gasteiger partial charge in [-0.3, -0.25) is 10.1 Å². The Morgan fingerprint density at radius 1 is 1.44 bits per heavy atom. The molecule has 0 radical (unpaired) electrons. The van der Waals surface area contributed by atoms with Gasteiger partial charge in [0.15, 0.2) is 11.5 Å². The van der Waals surface area contributed by atoms with E-state index in [9.17, 15) is 10.1 Å². The van der Waals surface area contributed by atoms with E-state index >= 15 is 0 Å². The number of methoxy groups -OCH3 is 1. The van der Waals surface area contributed by atoms with Crippen LogP contribution in [0.25, 0.3) is 6.08 Å². The fourth-order valence-electron chi connectivity index (χ4n) is 1.67. The first-order valence-corrected chi connectivity index (χ1v) is 5.42. The molecular weight excluding hydrogens is 238 g/mol. The Morgan fingerprint density at radius 2 is 2.17 bits per heavy atom. The number of benzene rings is 1. The highest BCUT2D eigenvalue weighted by atomic mass is 16.6. The minimum absolute atomic E-state index is 0.0498. The number of hydrogen-bond acceptors (Lipinski definition) is 5. The maximum atomic E-state index is 10.6. The van der Waals surface area contributed by atoms with Crippen LogP contribution in [-0.2, 0) is 0 Å². The van der Waals surface area contributed by atoms with Gasteiger partial charge in [-0.25, -0.2) is 0 Å². The van der Waals surface area contributed by atoms with Crippen molar-refractivity contribution >= 4 is 6.08 Å². The summed E-state index contributed by atoms with van der Waals surface area (Å²) in [6.45, 7) is 2.35. The summed E-state index contributed by atoms with van der Waals surface area (Å²) < 4.78 is 16.1. The van der Waals surface area contributed by atoms with E-state index in [1.165, 1.54) is 20.1 Å². The van der Waals surface area contributed by atoms with Crippen molar-refractivity contribution in [1.29, 1.82) is 0 Å². The van der Waals surface area contributed by atoms with Crippen molar-refractivity contribution in [3.05, 3.63) is 33.5 Å². The molecule has 1 aromatic carbocycles. The largest absolute Gasteiger partial charge is 0.493 e. The highest BCUT2D eigenvalue weighted by Crippen LogP contribution is 2.40. The summed E-state index contributed by atoms with van der Waals surface area (Å²) in [6.07, 6.45) is 1.46. The standard InChI is InChI=1S/C12H13NO5/c1-8(13(14)15)5-9-6-10(16-2)12-11(7-9)17-3-4-18-12/h5-7H,3-4H2,1-2H3. The van der Waals surface area contributed by atoms with Crippen molar-refractivity contribution in [2.75, 3.05) is 20.3 Å². The summed E-state index contributed by atoms with van der Waals surface area (Å²) in [4.78, 5) is 10.2. The lowest BCUT2D eigenvalue weighted by atomic mass is 10.1. The third kappa shape index (κ3) is 2.37. The van der Waals surface area contributed by atoms with Crippen molar-refractivity contribution in [2.24, 2.45) is 0 Å². The van der Waals surface area contributed by atoms with Gasteiger partial charge in [0, 0.05) is 13.0 Å². The average Bonchev–Trinajstić information content (AvgIpc) is 2.37. The van der Waals surface area contributed by atoms with Crippen molar-refractivity contribution in [3.8, 4) is 17.2 Å². The van der Waals surface area contributed by atoms with E-state index in [0.717, 1.165) is 0 Å². The molecule has 0 aromatic heterocycles. The van der Waals surface area contributed by atoms with Gasteiger partial charge in [0.25, 0.3) is 0 Å². The molecule has 0 fully saturated rings. The van der Waals surface area contributed by atoms with E-state index in [-0.39, 0.29) is 5.70 Å². The fourth-order valence-corrected chi connectivity index (χ4v) is 1.67. The van der Waals surface area contributed by atoms with Gasteiger partial charge in [-0.2, -0.15) is 0 Å². The molecule has 6 heteroatoms. The van der Waals surface area contributed by atoms with Crippen LogP contribution in [0, 0.1) is 10.1 Å². The number of ether oxygens (including phenoxy) is 3. The molecule has 0 spiro atoms. The Bertz CT molecular complexity index is 492. The van der Waals surface area contributed by atoms with Crippen molar-refractivity contribution in [1.82, 2.24) is 0 Å². The number of nitro groups is 1. The summed E-state index contributed by atoms with van der Waals surface area (Å²) in [6, 6.07) is 3.38. The smallest absolute Gasteiger partial charge is 0.243 e. The van der Waals surface area contributed by atoms with Crippen LogP contribution in [0.4, 0.5) is 0 Å². The maximum Gasteiger partial charge on any atom is 0.243 e. The SMILES string of the molecule is COc1cc(C=C(C)[N+](=O)[O-])cc2c1OCCO2. The second-order valence-corrected chi connectivity index (χ2v) is 3.79. The molecule has 0 atom stereocenters. The molecule has 6 nitrogen and oxygen atoms in total. The molecule has 0 bridgehead atoms. The van der Waals surface area contributed by atoms with Crippen LogP contribution in [0.2, 0.25) is 0 Å². The third-order valence-electron chi connectivity index (χ3n) is 2.51. The molecule has 96 valence electrons. The van der Waals surface area contributed by atoms with Gasteiger partial charge in [-0.05, 0) is 17.7 Å². The van der Waals surface area contributed by atoms with E-state index in [1.807, 2.05) is 0 Å². The predicted octanol–water partition coefficient (Wildman–Crippen LogP) is 2.10. The predicted molar refractivity (Wildman–Crippen MR) is 64.6 cm³/mol. The summed E-state index contributed by atoms with van der Waals surface area (Å²) in [7, 11) is 1.52. The van der Waals surface area contributed by atoms with Gasteiger partial charge < -0.3 is 14.2 Å². The van der Waals surface area contributed by atoms with E-state index in [2.05, 4.69) is 0 Å². The Labute approximate surface area is 104 Å². The van der Waals surface area contributed by atoms with Crippen molar-refractivity contribution in [2.45, 2.75) is 6.92 Å². The molecular formula is C12H13NO5. The average molecular weight is 251 g/mol. The molecule has 0 amide bonds. The van der Waals surface area contributed by atoms with E-state index in [1.54, 1.807) is 12.1 Å². The van der Waals surface area contributed by atoms with Gasteiger partial charge in [0.05, 0.1) is 12.0 Å².